The number of nitro benzene ring substituents is 1. The number of hydrogen-bond acceptors (Lipinski definition) is 6. The van der Waals surface area contributed by atoms with E-state index in [2.05, 4.69) is 0 Å². The molecule has 1 heterocycles. The van der Waals surface area contributed by atoms with Crippen molar-refractivity contribution in [2.24, 2.45) is 0 Å². The standard InChI is InChI=1S/C20H25N3O5S/c1-21(2)17-7-5-16(6-8-17)14-22(15-19-4-3-13-28-19)29(26,27)20-11-9-18(10-12-20)23(24)25/h5-12,19H,3-4,13-15H2,1-2H3/t19-/m0/s1. The van der Waals surface area contributed by atoms with Crippen molar-refractivity contribution < 1.29 is 18.1 Å². The molecule has 0 radical (unpaired) electrons. The van der Waals surface area contributed by atoms with Gasteiger partial charge in [0, 0.05) is 51.6 Å². The van der Waals surface area contributed by atoms with E-state index in [1.54, 1.807) is 0 Å². The van der Waals surface area contributed by atoms with Crippen molar-refractivity contribution in [1.29, 1.82) is 0 Å². The Morgan fingerprint density at radius 2 is 1.76 bits per heavy atom. The molecule has 9 heteroatoms. The van der Waals surface area contributed by atoms with Crippen LogP contribution in [0.15, 0.2) is 53.4 Å². The molecule has 0 aliphatic carbocycles. The average molecular weight is 420 g/mol. The summed E-state index contributed by atoms with van der Waals surface area (Å²) >= 11 is 0. The number of ether oxygens (including phenoxy) is 1. The highest BCUT2D eigenvalue weighted by Crippen LogP contribution is 2.24. The van der Waals surface area contributed by atoms with Gasteiger partial charge in [-0.1, -0.05) is 12.1 Å². The number of nitrogens with zero attached hydrogens (tertiary/aromatic N) is 3. The van der Waals surface area contributed by atoms with Gasteiger partial charge in [0.15, 0.2) is 0 Å². The van der Waals surface area contributed by atoms with E-state index in [-0.39, 0.29) is 29.8 Å². The summed E-state index contributed by atoms with van der Waals surface area (Å²) in [7, 11) is 0.0492. The van der Waals surface area contributed by atoms with Crippen molar-refractivity contribution in [2.45, 2.75) is 30.4 Å². The van der Waals surface area contributed by atoms with Crippen LogP contribution in [0.3, 0.4) is 0 Å². The molecular weight excluding hydrogens is 394 g/mol. The molecule has 0 aromatic heterocycles. The lowest BCUT2D eigenvalue weighted by Crippen LogP contribution is -2.37. The van der Waals surface area contributed by atoms with Gasteiger partial charge in [0.25, 0.3) is 5.69 Å². The number of non-ortho nitro benzene ring substituents is 1. The average Bonchev–Trinajstić information content (AvgIpc) is 3.21. The molecule has 0 saturated carbocycles. The zero-order valence-electron chi connectivity index (χ0n) is 16.5. The molecule has 8 nitrogen and oxygen atoms in total. The number of hydrogen-bond donors (Lipinski definition) is 0. The molecule has 1 atom stereocenters. The van der Waals surface area contributed by atoms with E-state index in [0.717, 1.165) is 24.1 Å². The lowest BCUT2D eigenvalue weighted by Gasteiger charge is -2.25. The lowest BCUT2D eigenvalue weighted by molar-refractivity contribution is -0.384. The SMILES string of the molecule is CN(C)c1ccc(CN(C[C@@H]2CCCO2)S(=O)(=O)c2ccc([N+](=O)[O-])cc2)cc1. The van der Waals surface area contributed by atoms with Crippen LogP contribution < -0.4 is 4.90 Å². The molecule has 1 aliphatic heterocycles. The van der Waals surface area contributed by atoms with Gasteiger partial charge in [0.2, 0.25) is 10.0 Å². The molecule has 156 valence electrons. The number of anilines is 1. The first-order valence-electron chi connectivity index (χ1n) is 9.40. The molecule has 0 N–H and O–H groups in total. The Bertz CT molecular complexity index is 937. The van der Waals surface area contributed by atoms with Crippen LogP contribution in [-0.4, -0.2) is 51.0 Å². The van der Waals surface area contributed by atoms with Crippen LogP contribution in [0.4, 0.5) is 11.4 Å². The fourth-order valence-electron chi connectivity index (χ4n) is 3.26. The van der Waals surface area contributed by atoms with Gasteiger partial charge in [-0.25, -0.2) is 8.42 Å². The van der Waals surface area contributed by atoms with Gasteiger partial charge < -0.3 is 9.64 Å². The van der Waals surface area contributed by atoms with E-state index < -0.39 is 14.9 Å². The Morgan fingerprint density at radius 1 is 1.10 bits per heavy atom. The Hall–Kier alpha value is -2.49. The molecule has 1 aliphatic rings. The largest absolute Gasteiger partial charge is 0.378 e. The first kappa shape index (κ1) is 21.2. The van der Waals surface area contributed by atoms with E-state index >= 15 is 0 Å². The van der Waals surface area contributed by atoms with Crippen LogP contribution >= 0.6 is 0 Å². The number of nitro groups is 1. The van der Waals surface area contributed by atoms with E-state index in [0.29, 0.717) is 6.61 Å². The highest BCUT2D eigenvalue weighted by molar-refractivity contribution is 7.89. The van der Waals surface area contributed by atoms with Crippen LogP contribution in [-0.2, 0) is 21.3 Å². The number of sulfonamides is 1. The summed E-state index contributed by atoms with van der Waals surface area (Å²) in [5, 5.41) is 10.9. The monoisotopic (exact) mass is 419 g/mol. The van der Waals surface area contributed by atoms with E-state index in [4.69, 9.17) is 4.74 Å². The first-order valence-corrected chi connectivity index (χ1v) is 10.8. The number of rotatable bonds is 8. The minimum absolute atomic E-state index is 0.0333. The molecule has 0 spiro atoms. The fourth-order valence-corrected chi connectivity index (χ4v) is 4.71. The van der Waals surface area contributed by atoms with E-state index in [9.17, 15) is 18.5 Å². The molecular formula is C20H25N3O5S. The highest BCUT2D eigenvalue weighted by atomic mass is 32.2. The zero-order chi connectivity index (χ0) is 21.0. The summed E-state index contributed by atoms with van der Waals surface area (Å²) in [6, 6.07) is 12.7. The third-order valence-corrected chi connectivity index (χ3v) is 6.75. The van der Waals surface area contributed by atoms with Crippen molar-refractivity contribution in [3.8, 4) is 0 Å². The second-order valence-electron chi connectivity index (χ2n) is 7.24. The molecule has 1 saturated heterocycles. The quantitative estimate of drug-likeness (QED) is 0.482. The molecule has 3 rings (SSSR count). The van der Waals surface area contributed by atoms with Crippen molar-refractivity contribution in [1.82, 2.24) is 4.31 Å². The van der Waals surface area contributed by atoms with Crippen molar-refractivity contribution in [2.75, 3.05) is 32.1 Å². The maximum absolute atomic E-state index is 13.3. The molecule has 2 aromatic rings. The summed E-state index contributed by atoms with van der Waals surface area (Å²) in [6.07, 6.45) is 1.57. The third-order valence-electron chi connectivity index (χ3n) is 4.93. The topological polar surface area (TPSA) is 93.0 Å². The third kappa shape index (κ3) is 5.11. The highest BCUT2D eigenvalue weighted by Gasteiger charge is 2.29. The Labute approximate surface area is 170 Å². The van der Waals surface area contributed by atoms with Crippen LogP contribution in [0.25, 0.3) is 0 Å². The van der Waals surface area contributed by atoms with Crippen molar-refractivity contribution >= 4 is 21.4 Å². The summed E-state index contributed by atoms with van der Waals surface area (Å²) in [5.41, 5.74) is 1.74. The second-order valence-corrected chi connectivity index (χ2v) is 9.18. The predicted octanol–water partition coefficient (Wildman–Crippen LogP) is 3.03. The Kier molecular flexibility index (Phi) is 6.51. The lowest BCUT2D eigenvalue weighted by atomic mass is 10.2. The first-order chi connectivity index (χ1) is 13.8. The Morgan fingerprint density at radius 3 is 2.28 bits per heavy atom. The van der Waals surface area contributed by atoms with Gasteiger partial charge in [-0.15, -0.1) is 0 Å². The zero-order valence-corrected chi connectivity index (χ0v) is 17.3. The van der Waals surface area contributed by atoms with Crippen LogP contribution in [0, 0.1) is 10.1 Å². The van der Waals surface area contributed by atoms with Gasteiger partial charge in [0.05, 0.1) is 15.9 Å². The fraction of sp³-hybridized carbons (Fsp3) is 0.400. The summed E-state index contributed by atoms with van der Waals surface area (Å²) in [5.74, 6) is 0. The van der Waals surface area contributed by atoms with Gasteiger partial charge in [-0.2, -0.15) is 4.31 Å². The predicted molar refractivity (Wildman–Crippen MR) is 110 cm³/mol. The van der Waals surface area contributed by atoms with Gasteiger partial charge in [-0.05, 0) is 42.7 Å². The molecule has 1 fully saturated rings. The maximum Gasteiger partial charge on any atom is 0.269 e. The molecule has 0 bridgehead atoms. The maximum atomic E-state index is 13.3. The summed E-state index contributed by atoms with van der Waals surface area (Å²) in [4.78, 5) is 12.3. The van der Waals surface area contributed by atoms with Gasteiger partial charge >= 0.3 is 0 Å². The summed E-state index contributed by atoms with van der Waals surface area (Å²) in [6.45, 7) is 1.08. The van der Waals surface area contributed by atoms with Crippen molar-refractivity contribution in [3.63, 3.8) is 0 Å². The second kappa shape index (κ2) is 8.89. The minimum atomic E-state index is -3.84. The Balaban J connectivity index is 1.87. The number of benzene rings is 2. The van der Waals surface area contributed by atoms with Crippen molar-refractivity contribution in [3.05, 3.63) is 64.2 Å². The van der Waals surface area contributed by atoms with Gasteiger partial charge in [-0.3, -0.25) is 10.1 Å². The van der Waals surface area contributed by atoms with Crippen LogP contribution in [0.1, 0.15) is 18.4 Å². The minimum Gasteiger partial charge on any atom is -0.378 e. The molecule has 2 aromatic carbocycles. The van der Waals surface area contributed by atoms with Crippen LogP contribution in [0.5, 0.6) is 0 Å². The smallest absolute Gasteiger partial charge is 0.269 e. The molecule has 0 amide bonds. The van der Waals surface area contributed by atoms with E-state index in [1.807, 2.05) is 43.3 Å². The molecule has 0 unspecified atom stereocenters. The van der Waals surface area contributed by atoms with Crippen LogP contribution in [0.2, 0.25) is 0 Å². The normalized spacial score (nSPS) is 16.9. The molecule has 29 heavy (non-hydrogen) atoms. The van der Waals surface area contributed by atoms with E-state index in [1.165, 1.54) is 28.6 Å². The van der Waals surface area contributed by atoms with Gasteiger partial charge in [0.1, 0.15) is 0 Å². The summed E-state index contributed by atoms with van der Waals surface area (Å²) < 4.78 is 33.6.